The monoisotopic (exact) mass is 583 g/mol. The van der Waals surface area contributed by atoms with Gasteiger partial charge in [-0.05, 0) is 68.5 Å². The summed E-state index contributed by atoms with van der Waals surface area (Å²) in [7, 11) is -4.13. The Balaban J connectivity index is 2.02. The molecule has 0 saturated heterocycles. The van der Waals surface area contributed by atoms with Crippen molar-refractivity contribution < 1.29 is 18.0 Å². The smallest absolute Gasteiger partial charge is 0.264 e. The second-order valence-electron chi connectivity index (χ2n) is 9.82. The quantitative estimate of drug-likeness (QED) is 0.283. The van der Waals surface area contributed by atoms with E-state index in [2.05, 4.69) is 5.32 Å². The Labute approximate surface area is 243 Å². The fourth-order valence-corrected chi connectivity index (χ4v) is 5.92. The van der Waals surface area contributed by atoms with Gasteiger partial charge in [0.2, 0.25) is 11.8 Å². The Hall–Kier alpha value is -3.36. The van der Waals surface area contributed by atoms with Crippen LogP contribution in [0.4, 0.5) is 5.69 Å². The van der Waals surface area contributed by atoms with E-state index in [-0.39, 0.29) is 29.1 Å². The largest absolute Gasteiger partial charge is 0.352 e. The normalized spacial score (nSPS) is 12.8. The molecule has 0 spiro atoms. The molecule has 3 aromatic carbocycles. The van der Waals surface area contributed by atoms with Crippen LogP contribution in [0.5, 0.6) is 0 Å². The van der Waals surface area contributed by atoms with E-state index in [1.807, 2.05) is 58.0 Å². The first-order valence-corrected chi connectivity index (χ1v) is 15.4. The van der Waals surface area contributed by atoms with E-state index >= 15 is 0 Å². The summed E-state index contributed by atoms with van der Waals surface area (Å²) in [5.41, 5.74) is 2.07. The molecule has 1 N–H and O–H groups in total. The van der Waals surface area contributed by atoms with Gasteiger partial charge in [-0.2, -0.15) is 0 Å². The number of nitrogens with one attached hydrogen (secondary N) is 1. The molecule has 0 aliphatic heterocycles. The van der Waals surface area contributed by atoms with Gasteiger partial charge in [0.15, 0.2) is 0 Å². The maximum atomic E-state index is 14.0. The molecule has 0 heterocycles. The van der Waals surface area contributed by atoms with Crippen LogP contribution in [0.2, 0.25) is 5.02 Å². The van der Waals surface area contributed by atoms with Crippen LogP contribution in [0.25, 0.3) is 0 Å². The maximum absolute atomic E-state index is 14.0. The van der Waals surface area contributed by atoms with Crippen LogP contribution in [0.1, 0.15) is 44.7 Å². The fourth-order valence-electron chi connectivity index (χ4n) is 4.32. The number of hydrogen-bond donors (Lipinski definition) is 1. The van der Waals surface area contributed by atoms with Crippen molar-refractivity contribution in [2.75, 3.05) is 17.4 Å². The molecule has 0 saturated carbocycles. The molecule has 2 atom stereocenters. The number of halogens is 1. The number of carbonyl (C=O) groups is 2. The van der Waals surface area contributed by atoms with Gasteiger partial charge in [-0.15, -0.1) is 0 Å². The zero-order valence-corrected chi connectivity index (χ0v) is 25.1. The van der Waals surface area contributed by atoms with Crippen LogP contribution >= 0.6 is 11.6 Å². The van der Waals surface area contributed by atoms with Crippen LogP contribution in [0.3, 0.4) is 0 Å². The molecule has 40 heavy (non-hydrogen) atoms. The molecule has 0 bridgehead atoms. The summed E-state index contributed by atoms with van der Waals surface area (Å²) in [6, 6.07) is 21.7. The molecule has 7 nitrogen and oxygen atoms in total. The molecule has 0 aromatic heterocycles. The third-order valence-electron chi connectivity index (χ3n) is 6.92. The minimum absolute atomic E-state index is 0.0527. The maximum Gasteiger partial charge on any atom is 0.264 e. The van der Waals surface area contributed by atoms with E-state index in [1.54, 1.807) is 36.4 Å². The van der Waals surface area contributed by atoms with Gasteiger partial charge >= 0.3 is 0 Å². The molecule has 0 unspecified atom stereocenters. The van der Waals surface area contributed by atoms with E-state index in [0.29, 0.717) is 17.9 Å². The van der Waals surface area contributed by atoms with Crippen LogP contribution in [-0.4, -0.2) is 50.3 Å². The van der Waals surface area contributed by atoms with Crippen LogP contribution in [0, 0.1) is 6.92 Å². The van der Waals surface area contributed by atoms with Crippen molar-refractivity contribution >= 4 is 39.1 Å². The highest BCUT2D eigenvalue weighted by Crippen LogP contribution is 2.28. The molecule has 0 aliphatic rings. The summed E-state index contributed by atoms with van der Waals surface area (Å²) in [5.74, 6) is -0.729. The van der Waals surface area contributed by atoms with Crippen molar-refractivity contribution in [1.29, 1.82) is 0 Å². The molecule has 0 fully saturated rings. The molecule has 0 aliphatic carbocycles. The topological polar surface area (TPSA) is 86.8 Å². The summed E-state index contributed by atoms with van der Waals surface area (Å²) in [4.78, 5) is 28.9. The molecule has 0 radical (unpaired) electrons. The number of rotatable bonds is 13. The molecular formula is C31H38ClN3O4S. The highest BCUT2D eigenvalue weighted by Gasteiger charge is 2.33. The van der Waals surface area contributed by atoms with Crippen molar-refractivity contribution in [3.8, 4) is 0 Å². The number of benzene rings is 3. The lowest BCUT2D eigenvalue weighted by Gasteiger charge is -2.33. The minimum atomic E-state index is -4.13. The van der Waals surface area contributed by atoms with Gasteiger partial charge in [0.25, 0.3) is 10.0 Å². The Morgan fingerprint density at radius 2 is 1.55 bits per heavy atom. The second-order valence-corrected chi connectivity index (χ2v) is 12.1. The first-order valence-electron chi connectivity index (χ1n) is 13.6. The average molecular weight is 584 g/mol. The minimum Gasteiger partial charge on any atom is -0.352 e. The van der Waals surface area contributed by atoms with Crippen LogP contribution < -0.4 is 9.62 Å². The van der Waals surface area contributed by atoms with Crippen molar-refractivity contribution in [3.05, 3.63) is 95.0 Å². The number of sulfonamides is 1. The summed E-state index contributed by atoms with van der Waals surface area (Å²) < 4.78 is 28.8. The summed E-state index contributed by atoms with van der Waals surface area (Å²) in [6.07, 6.45) is 1.64. The van der Waals surface area contributed by atoms with Gasteiger partial charge < -0.3 is 10.2 Å². The number of nitrogens with zero attached hydrogens (tertiary/aromatic N) is 2. The number of amides is 2. The average Bonchev–Trinajstić information content (AvgIpc) is 2.96. The molecule has 9 heteroatoms. The van der Waals surface area contributed by atoms with E-state index in [4.69, 9.17) is 11.6 Å². The number of hydrogen-bond acceptors (Lipinski definition) is 4. The van der Waals surface area contributed by atoms with Crippen molar-refractivity contribution in [2.45, 2.75) is 63.9 Å². The van der Waals surface area contributed by atoms with E-state index in [1.165, 1.54) is 17.0 Å². The molecular weight excluding hydrogens is 546 g/mol. The Morgan fingerprint density at radius 1 is 0.925 bits per heavy atom. The predicted molar refractivity (Wildman–Crippen MR) is 161 cm³/mol. The second kappa shape index (κ2) is 14.3. The number of carbonyl (C=O) groups excluding carboxylic acids is 2. The zero-order chi connectivity index (χ0) is 29.3. The molecule has 2 amide bonds. The van der Waals surface area contributed by atoms with Crippen LogP contribution in [-0.2, 0) is 26.0 Å². The van der Waals surface area contributed by atoms with Gasteiger partial charge in [-0.3, -0.25) is 13.9 Å². The summed E-state index contributed by atoms with van der Waals surface area (Å²) >= 11 is 6.38. The fraction of sp³-hybridized carbons (Fsp3) is 0.355. The third kappa shape index (κ3) is 7.86. The molecule has 3 aromatic rings. The predicted octanol–water partition coefficient (Wildman–Crippen LogP) is 5.61. The number of anilines is 1. The zero-order valence-electron chi connectivity index (χ0n) is 23.5. The molecule has 214 valence electrons. The van der Waals surface area contributed by atoms with Crippen molar-refractivity contribution in [2.24, 2.45) is 0 Å². The lowest BCUT2D eigenvalue weighted by Crippen LogP contribution is -2.54. The third-order valence-corrected chi connectivity index (χ3v) is 9.12. The van der Waals surface area contributed by atoms with E-state index in [0.717, 1.165) is 21.9 Å². The Morgan fingerprint density at radius 3 is 2.12 bits per heavy atom. The Kier molecular flexibility index (Phi) is 11.2. The van der Waals surface area contributed by atoms with Gasteiger partial charge in [0.1, 0.15) is 12.6 Å². The Bertz CT molecular complexity index is 1380. The molecule has 3 rings (SSSR count). The van der Waals surface area contributed by atoms with Gasteiger partial charge in [-0.1, -0.05) is 80.0 Å². The van der Waals surface area contributed by atoms with E-state index < -0.39 is 28.5 Å². The standard InChI is InChI=1S/C31H38ClN3O4S/c1-5-24(4)33-31(37)29(6-2)34(20-19-25-13-9-7-10-14-25)30(36)22-35(26-18-17-23(3)28(32)21-26)40(38,39)27-15-11-8-12-16-27/h7-18,21,24,29H,5-6,19-20,22H2,1-4H3,(H,33,37)/t24-,29+/m0/s1. The van der Waals surface area contributed by atoms with Crippen LogP contribution in [0.15, 0.2) is 83.8 Å². The highest BCUT2D eigenvalue weighted by atomic mass is 35.5. The first kappa shape index (κ1) is 31.2. The summed E-state index contributed by atoms with van der Waals surface area (Å²) in [5, 5.41) is 3.37. The first-order chi connectivity index (χ1) is 19.1. The van der Waals surface area contributed by atoms with Crippen molar-refractivity contribution in [3.63, 3.8) is 0 Å². The van der Waals surface area contributed by atoms with E-state index in [9.17, 15) is 18.0 Å². The number of aryl methyl sites for hydroxylation is 1. The SMILES string of the molecule is CC[C@H](C(=O)N[C@@H](C)CC)N(CCc1ccccc1)C(=O)CN(c1ccc(C)c(Cl)c1)S(=O)(=O)c1ccccc1. The lowest BCUT2D eigenvalue weighted by atomic mass is 10.1. The highest BCUT2D eigenvalue weighted by molar-refractivity contribution is 7.92. The van der Waals surface area contributed by atoms with Gasteiger partial charge in [0, 0.05) is 17.6 Å². The van der Waals surface area contributed by atoms with Gasteiger partial charge in [-0.25, -0.2) is 8.42 Å². The summed E-state index contributed by atoms with van der Waals surface area (Å²) in [6.45, 7) is 7.32. The lowest BCUT2D eigenvalue weighted by molar-refractivity contribution is -0.139. The van der Waals surface area contributed by atoms with Crippen molar-refractivity contribution in [1.82, 2.24) is 10.2 Å². The van der Waals surface area contributed by atoms with Gasteiger partial charge in [0.05, 0.1) is 10.6 Å².